The van der Waals surface area contributed by atoms with Crippen molar-refractivity contribution < 1.29 is 22.5 Å². The number of carbonyl (C=O) groups is 1. The van der Waals surface area contributed by atoms with Gasteiger partial charge in [0.1, 0.15) is 0 Å². The van der Waals surface area contributed by atoms with Crippen LogP contribution in [-0.2, 0) is 9.32 Å². The Morgan fingerprint density at radius 3 is 1.28 bits per heavy atom. The monoisotopic (exact) mass is 418 g/mol. The Hall–Kier alpha value is -2.65. The molecule has 152 valence electrons. The van der Waals surface area contributed by atoms with Gasteiger partial charge in [0.25, 0.3) is 0 Å². The molecule has 0 saturated heterocycles. The number of rotatable bonds is 4. The van der Waals surface area contributed by atoms with Gasteiger partial charge in [-0.1, -0.05) is 0 Å². The molecule has 0 heterocycles. The average Bonchev–Trinajstić information content (AvgIpc) is 2.67. The van der Waals surface area contributed by atoms with E-state index < -0.39 is 19.6 Å². The minimum absolute atomic E-state index is 0.626. The van der Waals surface area contributed by atoms with Crippen LogP contribution in [0.15, 0.2) is 72.8 Å². The van der Waals surface area contributed by atoms with Gasteiger partial charge in [-0.2, -0.15) is 0 Å². The third kappa shape index (κ3) is 3.92. The van der Waals surface area contributed by atoms with Crippen molar-refractivity contribution in [2.24, 2.45) is 0 Å². The van der Waals surface area contributed by atoms with Crippen molar-refractivity contribution in [1.82, 2.24) is 0 Å². The van der Waals surface area contributed by atoms with E-state index in [-0.39, 0.29) is 0 Å². The van der Waals surface area contributed by atoms with Crippen LogP contribution < -0.4 is 15.9 Å². The third-order valence-corrected chi connectivity index (χ3v) is 9.50. The molecule has 0 atom stereocenters. The SMILES string of the molecule is Cc1ccccc1[PH](OC(=O)C(F)(F)F)(c1ccccc1C)c1ccccc1C. The Bertz CT molecular complexity index is 933. The average molecular weight is 418 g/mol. The summed E-state index contributed by atoms with van der Waals surface area (Å²) in [5, 5.41) is 1.88. The van der Waals surface area contributed by atoms with Crippen LogP contribution in [0.1, 0.15) is 16.7 Å². The number of aryl methyl sites for hydroxylation is 3. The molecule has 0 aliphatic rings. The molecule has 0 unspecified atom stereocenters. The van der Waals surface area contributed by atoms with E-state index >= 15 is 0 Å². The number of benzene rings is 3. The number of carbonyl (C=O) groups excluding carboxylic acids is 1. The summed E-state index contributed by atoms with van der Waals surface area (Å²) in [6.45, 7) is 5.49. The van der Waals surface area contributed by atoms with Crippen LogP contribution in [0.3, 0.4) is 0 Å². The minimum atomic E-state index is -5.09. The fourth-order valence-corrected chi connectivity index (χ4v) is 8.20. The van der Waals surface area contributed by atoms with E-state index in [9.17, 15) is 18.0 Å². The second-order valence-electron chi connectivity index (χ2n) is 7.01. The molecule has 6 heteroatoms. The zero-order valence-electron chi connectivity index (χ0n) is 16.4. The maximum atomic E-state index is 13.4. The van der Waals surface area contributed by atoms with Gasteiger partial charge in [0.05, 0.1) is 0 Å². The molecule has 0 saturated carbocycles. The van der Waals surface area contributed by atoms with Crippen molar-refractivity contribution in [3.05, 3.63) is 89.5 Å². The summed E-state index contributed by atoms with van der Waals surface area (Å²) in [4.78, 5) is 12.2. The van der Waals surface area contributed by atoms with Crippen molar-refractivity contribution in [3.63, 3.8) is 0 Å². The van der Waals surface area contributed by atoms with E-state index in [2.05, 4.69) is 0 Å². The summed E-state index contributed by atoms with van der Waals surface area (Å²) in [6, 6.07) is 21.5. The van der Waals surface area contributed by atoms with Gasteiger partial charge in [-0.25, -0.2) is 0 Å². The molecular formula is C23H22F3O2P. The standard InChI is InChI=1S/C23H22F3O2P/c1-16-10-4-7-13-19(16)29(28-22(27)23(24,25)26,20-14-8-5-11-17(20)2)21-15-9-6-12-18(21)3/h4-15,29H,1-3H3. The molecule has 3 aromatic carbocycles. The molecule has 3 aromatic rings. The zero-order valence-corrected chi connectivity index (χ0v) is 17.4. The number of halogens is 3. The zero-order chi connectivity index (χ0) is 21.2. The van der Waals surface area contributed by atoms with Crippen LogP contribution in [0, 0.1) is 20.8 Å². The van der Waals surface area contributed by atoms with E-state index in [4.69, 9.17) is 4.52 Å². The van der Waals surface area contributed by atoms with Crippen molar-refractivity contribution in [3.8, 4) is 0 Å². The Balaban J connectivity index is 2.46. The van der Waals surface area contributed by atoms with Gasteiger partial charge in [0.15, 0.2) is 0 Å². The van der Waals surface area contributed by atoms with Gasteiger partial charge in [-0.15, -0.1) is 0 Å². The van der Waals surface area contributed by atoms with Crippen LogP contribution >= 0.6 is 7.49 Å². The van der Waals surface area contributed by atoms with Crippen LogP contribution in [0.4, 0.5) is 13.2 Å². The maximum absolute atomic E-state index is 13.4. The topological polar surface area (TPSA) is 26.3 Å². The summed E-state index contributed by atoms with van der Waals surface area (Å²) in [6.07, 6.45) is -5.09. The molecule has 0 fully saturated rings. The van der Waals surface area contributed by atoms with Gasteiger partial charge in [0, 0.05) is 0 Å². The van der Waals surface area contributed by atoms with Gasteiger partial charge in [-0.05, 0) is 0 Å². The predicted molar refractivity (Wildman–Crippen MR) is 113 cm³/mol. The third-order valence-electron chi connectivity index (χ3n) is 5.05. The molecule has 0 aliphatic heterocycles. The van der Waals surface area contributed by atoms with Gasteiger partial charge >= 0.3 is 168 Å². The fourth-order valence-electron chi connectivity index (χ4n) is 3.70. The predicted octanol–water partition coefficient (Wildman–Crippen LogP) is 4.66. The number of hydrogen-bond donors (Lipinski definition) is 0. The van der Waals surface area contributed by atoms with Crippen molar-refractivity contribution in [2.45, 2.75) is 26.9 Å². The molecule has 0 aliphatic carbocycles. The fraction of sp³-hybridized carbons (Fsp3) is 0.174. The van der Waals surface area contributed by atoms with E-state index in [0.29, 0.717) is 15.9 Å². The van der Waals surface area contributed by atoms with Crippen LogP contribution in [0.5, 0.6) is 0 Å². The first-order valence-electron chi connectivity index (χ1n) is 9.16. The Labute approximate surface area is 168 Å². The molecule has 0 N–H and O–H groups in total. The quantitative estimate of drug-likeness (QED) is 0.577. The Morgan fingerprint density at radius 1 is 0.690 bits per heavy atom. The van der Waals surface area contributed by atoms with Crippen molar-refractivity contribution in [2.75, 3.05) is 0 Å². The summed E-state index contributed by atoms with van der Waals surface area (Å²) in [5.74, 6) is -2.17. The van der Waals surface area contributed by atoms with Gasteiger partial charge in [0.2, 0.25) is 0 Å². The van der Waals surface area contributed by atoms with Crippen LogP contribution in [0.25, 0.3) is 0 Å². The summed E-state index contributed by atoms with van der Waals surface area (Å²) in [7, 11) is -3.80. The van der Waals surface area contributed by atoms with E-state index in [1.807, 2.05) is 57.2 Å². The van der Waals surface area contributed by atoms with Crippen LogP contribution in [-0.4, -0.2) is 12.1 Å². The molecule has 0 spiro atoms. The van der Waals surface area contributed by atoms with Gasteiger partial charge in [-0.3, -0.25) is 0 Å². The van der Waals surface area contributed by atoms with E-state index in [1.54, 1.807) is 36.4 Å². The molecule has 3 rings (SSSR count). The summed E-state index contributed by atoms with van der Waals surface area (Å²) >= 11 is 0. The first kappa shape index (κ1) is 21.1. The number of alkyl halides is 3. The Morgan fingerprint density at radius 2 is 1.00 bits per heavy atom. The molecular weight excluding hydrogens is 396 g/mol. The van der Waals surface area contributed by atoms with Gasteiger partial charge < -0.3 is 0 Å². The summed E-state index contributed by atoms with van der Waals surface area (Å²) in [5.41, 5.74) is 2.34. The second-order valence-corrected chi connectivity index (χ2v) is 10.2. The number of hydrogen-bond acceptors (Lipinski definition) is 2. The Kier molecular flexibility index (Phi) is 5.81. The molecule has 2 nitrogen and oxygen atoms in total. The van der Waals surface area contributed by atoms with Crippen molar-refractivity contribution in [1.29, 1.82) is 0 Å². The van der Waals surface area contributed by atoms with E-state index in [1.165, 1.54) is 0 Å². The molecule has 0 radical (unpaired) electrons. The van der Waals surface area contributed by atoms with E-state index in [0.717, 1.165) is 16.7 Å². The molecule has 29 heavy (non-hydrogen) atoms. The molecule has 0 bridgehead atoms. The molecule has 0 amide bonds. The second kappa shape index (κ2) is 8.00. The first-order valence-corrected chi connectivity index (χ1v) is 11.1. The van der Waals surface area contributed by atoms with Crippen LogP contribution in [0.2, 0.25) is 0 Å². The normalized spacial score (nSPS) is 12.5. The first-order chi connectivity index (χ1) is 13.7. The molecule has 0 aromatic heterocycles. The van der Waals surface area contributed by atoms with Crippen molar-refractivity contribution >= 4 is 29.4 Å². The summed E-state index contributed by atoms with van der Waals surface area (Å²) < 4.78 is 45.7.